The first-order valence-corrected chi connectivity index (χ1v) is 12.8. The third-order valence-corrected chi connectivity index (χ3v) is 6.08. The standard InChI is InChI=1S/C26H38N6O4/c1-7-9-23(33)35-19(5)25-27-13-11-21(29-25)31-15-17(3)32(18(4)16-31)22-12-14-28-26(30-22)20(6)36-24(34)10-8-2/h11-14,17-20H,7-10,15-16H2,1-6H3/t17-,18+,19-,20-/m1/s1. The first-order chi connectivity index (χ1) is 17.2. The van der Waals surface area contributed by atoms with Gasteiger partial charge in [-0.3, -0.25) is 9.59 Å². The molecule has 0 aromatic carbocycles. The molecule has 1 saturated heterocycles. The van der Waals surface area contributed by atoms with Crippen LogP contribution in [0.3, 0.4) is 0 Å². The van der Waals surface area contributed by atoms with E-state index in [0.717, 1.165) is 37.6 Å². The topological polar surface area (TPSA) is 111 Å². The molecule has 2 aromatic heterocycles. The minimum absolute atomic E-state index is 0.132. The molecule has 36 heavy (non-hydrogen) atoms. The van der Waals surface area contributed by atoms with Crippen molar-refractivity contribution in [2.75, 3.05) is 22.9 Å². The number of ether oxygens (including phenoxy) is 2. The zero-order valence-electron chi connectivity index (χ0n) is 22.2. The number of nitrogens with zero attached hydrogens (tertiary/aromatic N) is 6. The van der Waals surface area contributed by atoms with Crippen LogP contribution in [0.25, 0.3) is 0 Å². The van der Waals surface area contributed by atoms with E-state index >= 15 is 0 Å². The Morgan fingerprint density at radius 2 is 1.31 bits per heavy atom. The van der Waals surface area contributed by atoms with E-state index in [1.807, 2.05) is 26.0 Å². The second-order valence-electron chi connectivity index (χ2n) is 9.32. The highest BCUT2D eigenvalue weighted by Gasteiger charge is 2.32. The van der Waals surface area contributed by atoms with Crippen LogP contribution in [-0.2, 0) is 19.1 Å². The number of aromatic nitrogens is 4. The van der Waals surface area contributed by atoms with Crippen LogP contribution in [-0.4, -0.2) is 57.0 Å². The van der Waals surface area contributed by atoms with Gasteiger partial charge in [-0.15, -0.1) is 0 Å². The Morgan fingerprint density at radius 3 is 1.78 bits per heavy atom. The van der Waals surface area contributed by atoms with Crippen molar-refractivity contribution in [3.05, 3.63) is 36.2 Å². The summed E-state index contributed by atoms with van der Waals surface area (Å²) in [7, 11) is 0. The minimum Gasteiger partial charge on any atom is -0.454 e. The van der Waals surface area contributed by atoms with Gasteiger partial charge in [-0.05, 0) is 52.7 Å². The molecule has 3 rings (SSSR count). The third-order valence-electron chi connectivity index (χ3n) is 6.08. The Kier molecular flexibility index (Phi) is 9.55. The summed E-state index contributed by atoms with van der Waals surface area (Å²) in [5.41, 5.74) is 0. The predicted octanol–water partition coefficient (Wildman–Crippen LogP) is 4.18. The maximum atomic E-state index is 11.9. The lowest BCUT2D eigenvalue weighted by Gasteiger charge is -2.45. The van der Waals surface area contributed by atoms with E-state index in [4.69, 9.17) is 19.4 Å². The fraction of sp³-hybridized carbons (Fsp3) is 0.615. The molecule has 0 unspecified atom stereocenters. The van der Waals surface area contributed by atoms with Crippen LogP contribution in [0.5, 0.6) is 0 Å². The lowest BCUT2D eigenvalue weighted by atomic mass is 10.1. The first kappa shape index (κ1) is 27.3. The fourth-order valence-corrected chi connectivity index (χ4v) is 4.43. The van der Waals surface area contributed by atoms with Crippen molar-refractivity contribution < 1.29 is 19.1 Å². The van der Waals surface area contributed by atoms with E-state index in [0.29, 0.717) is 24.5 Å². The van der Waals surface area contributed by atoms with E-state index in [2.05, 4.69) is 33.6 Å². The fourth-order valence-electron chi connectivity index (χ4n) is 4.43. The van der Waals surface area contributed by atoms with Gasteiger partial charge in [0.05, 0.1) is 0 Å². The lowest BCUT2D eigenvalue weighted by molar-refractivity contribution is -0.150. The quantitative estimate of drug-likeness (QED) is 0.442. The maximum Gasteiger partial charge on any atom is 0.306 e. The highest BCUT2D eigenvalue weighted by Crippen LogP contribution is 2.27. The molecule has 1 fully saturated rings. The van der Waals surface area contributed by atoms with Crippen LogP contribution in [0.4, 0.5) is 11.6 Å². The molecular formula is C26H38N6O4. The molecular weight excluding hydrogens is 460 g/mol. The average Bonchev–Trinajstić information content (AvgIpc) is 2.84. The molecule has 0 N–H and O–H groups in total. The molecule has 0 aliphatic carbocycles. The van der Waals surface area contributed by atoms with Gasteiger partial charge < -0.3 is 19.3 Å². The van der Waals surface area contributed by atoms with Gasteiger partial charge in [0.15, 0.2) is 23.9 Å². The molecule has 196 valence electrons. The number of carbonyl (C=O) groups is 2. The molecule has 0 radical (unpaired) electrons. The largest absolute Gasteiger partial charge is 0.454 e. The molecule has 0 saturated carbocycles. The molecule has 0 spiro atoms. The second-order valence-corrected chi connectivity index (χ2v) is 9.32. The number of hydrogen-bond donors (Lipinski definition) is 0. The summed E-state index contributed by atoms with van der Waals surface area (Å²) in [6, 6.07) is 4.04. The van der Waals surface area contributed by atoms with Gasteiger partial charge in [0.25, 0.3) is 0 Å². The summed E-state index contributed by atoms with van der Waals surface area (Å²) in [4.78, 5) is 46.4. The zero-order valence-corrected chi connectivity index (χ0v) is 22.2. The van der Waals surface area contributed by atoms with Crippen molar-refractivity contribution in [3.63, 3.8) is 0 Å². The maximum absolute atomic E-state index is 11.9. The summed E-state index contributed by atoms with van der Waals surface area (Å²) in [5.74, 6) is 2.11. The van der Waals surface area contributed by atoms with E-state index in [9.17, 15) is 9.59 Å². The van der Waals surface area contributed by atoms with Crippen LogP contribution in [0.1, 0.15) is 91.1 Å². The lowest BCUT2D eigenvalue weighted by Crippen LogP contribution is -2.57. The van der Waals surface area contributed by atoms with Crippen LogP contribution in [0.2, 0.25) is 0 Å². The number of piperazine rings is 1. The van der Waals surface area contributed by atoms with Crippen molar-refractivity contribution in [1.29, 1.82) is 0 Å². The zero-order chi connectivity index (χ0) is 26.2. The van der Waals surface area contributed by atoms with Crippen LogP contribution in [0.15, 0.2) is 24.5 Å². The third kappa shape index (κ3) is 6.89. The number of hydrogen-bond acceptors (Lipinski definition) is 10. The molecule has 1 aliphatic heterocycles. The number of anilines is 2. The van der Waals surface area contributed by atoms with Crippen LogP contribution >= 0.6 is 0 Å². The molecule has 4 atom stereocenters. The highest BCUT2D eigenvalue weighted by atomic mass is 16.5. The summed E-state index contributed by atoms with van der Waals surface area (Å²) >= 11 is 0. The Bertz CT molecular complexity index is 1020. The van der Waals surface area contributed by atoms with Gasteiger partial charge in [0.2, 0.25) is 0 Å². The van der Waals surface area contributed by atoms with Crippen molar-refractivity contribution in [3.8, 4) is 0 Å². The average molecular weight is 499 g/mol. The van der Waals surface area contributed by atoms with Crippen molar-refractivity contribution in [2.24, 2.45) is 0 Å². The van der Waals surface area contributed by atoms with E-state index in [1.54, 1.807) is 26.2 Å². The number of rotatable bonds is 10. The summed E-state index contributed by atoms with van der Waals surface area (Å²) in [6.07, 6.45) is 4.65. The second kappa shape index (κ2) is 12.6. The molecule has 1 aliphatic rings. The smallest absolute Gasteiger partial charge is 0.306 e. The van der Waals surface area contributed by atoms with Crippen molar-refractivity contribution in [1.82, 2.24) is 19.9 Å². The molecule has 10 heteroatoms. The van der Waals surface area contributed by atoms with Gasteiger partial charge >= 0.3 is 11.9 Å². The molecule has 10 nitrogen and oxygen atoms in total. The Balaban J connectivity index is 1.71. The number of esters is 2. The summed E-state index contributed by atoms with van der Waals surface area (Å²) < 4.78 is 10.9. The van der Waals surface area contributed by atoms with E-state index in [-0.39, 0.29) is 24.0 Å². The monoisotopic (exact) mass is 498 g/mol. The Hall–Kier alpha value is -3.30. The molecule has 2 aromatic rings. The summed E-state index contributed by atoms with van der Waals surface area (Å²) in [5, 5.41) is 0. The van der Waals surface area contributed by atoms with Crippen LogP contribution in [0, 0.1) is 0 Å². The highest BCUT2D eigenvalue weighted by molar-refractivity contribution is 5.69. The minimum atomic E-state index is -0.510. The molecule has 3 heterocycles. The van der Waals surface area contributed by atoms with Gasteiger partial charge in [0, 0.05) is 50.4 Å². The van der Waals surface area contributed by atoms with Crippen LogP contribution < -0.4 is 9.80 Å². The number of carbonyl (C=O) groups excluding carboxylic acids is 2. The first-order valence-electron chi connectivity index (χ1n) is 12.8. The van der Waals surface area contributed by atoms with E-state index in [1.165, 1.54) is 0 Å². The van der Waals surface area contributed by atoms with Gasteiger partial charge in [0.1, 0.15) is 11.6 Å². The van der Waals surface area contributed by atoms with Gasteiger partial charge in [-0.1, -0.05) is 13.8 Å². The normalized spacial score (nSPS) is 19.5. The predicted molar refractivity (Wildman–Crippen MR) is 137 cm³/mol. The molecule has 0 amide bonds. The Labute approximate surface area is 213 Å². The SMILES string of the molecule is CCCC(=O)O[C@H](C)c1nccc(N2C[C@@H](C)N(c3ccnc([C@@H](C)OC(=O)CCC)n3)[C@@H](C)C2)n1. The van der Waals surface area contributed by atoms with Crippen molar-refractivity contribution in [2.45, 2.75) is 91.5 Å². The van der Waals surface area contributed by atoms with Gasteiger partial charge in [-0.25, -0.2) is 19.9 Å². The van der Waals surface area contributed by atoms with Gasteiger partial charge in [-0.2, -0.15) is 0 Å². The Morgan fingerprint density at radius 1 is 0.861 bits per heavy atom. The summed E-state index contributed by atoms with van der Waals surface area (Å²) in [6.45, 7) is 13.2. The molecule has 0 bridgehead atoms. The van der Waals surface area contributed by atoms with Crippen molar-refractivity contribution >= 4 is 23.6 Å². The van der Waals surface area contributed by atoms with E-state index < -0.39 is 12.2 Å².